The number of hydrogen-bond donors (Lipinski definition) is 2. The Balaban J connectivity index is 1.99. The Labute approximate surface area is 146 Å². The van der Waals surface area contributed by atoms with Crippen LogP contribution in [0.5, 0.6) is 5.75 Å². The van der Waals surface area contributed by atoms with E-state index in [0.717, 1.165) is 0 Å². The van der Waals surface area contributed by atoms with Crippen molar-refractivity contribution in [2.75, 3.05) is 30.8 Å². The molecule has 1 unspecified atom stereocenters. The summed E-state index contributed by atoms with van der Waals surface area (Å²) in [6.07, 6.45) is 1.26. The zero-order valence-corrected chi connectivity index (χ0v) is 14.8. The molecular weight excluding hydrogens is 348 g/mol. The molecule has 0 aliphatic carbocycles. The number of aliphatic carboxylic acids is 1. The van der Waals surface area contributed by atoms with Gasteiger partial charge in [0.25, 0.3) is 0 Å². The maximum atomic E-state index is 12.4. The predicted molar refractivity (Wildman–Crippen MR) is 92.0 cm³/mol. The van der Waals surface area contributed by atoms with Crippen molar-refractivity contribution in [1.29, 1.82) is 0 Å². The number of carbonyl (C=O) groups excluding carboxylic acids is 1. The summed E-state index contributed by atoms with van der Waals surface area (Å²) < 4.78 is 30.4. The summed E-state index contributed by atoms with van der Waals surface area (Å²) in [6.45, 7) is 1.74. The van der Waals surface area contributed by atoms with E-state index in [2.05, 4.69) is 5.32 Å². The maximum Gasteiger partial charge on any atom is 0.341 e. The lowest BCUT2D eigenvalue weighted by atomic mass is 9.98. The number of sulfonamides is 1. The smallest absolute Gasteiger partial charge is 0.341 e. The van der Waals surface area contributed by atoms with Gasteiger partial charge in [-0.25, -0.2) is 17.5 Å². The summed E-state index contributed by atoms with van der Waals surface area (Å²) in [5, 5.41) is 11.4. The van der Waals surface area contributed by atoms with E-state index in [1.807, 2.05) is 0 Å². The molecule has 1 aromatic rings. The van der Waals surface area contributed by atoms with Crippen LogP contribution in [0.2, 0.25) is 0 Å². The van der Waals surface area contributed by atoms with Gasteiger partial charge in [-0.15, -0.1) is 0 Å². The molecule has 1 atom stereocenters. The molecule has 0 radical (unpaired) electrons. The van der Waals surface area contributed by atoms with Gasteiger partial charge in [0.1, 0.15) is 5.75 Å². The number of rotatable bonds is 7. The number of nitrogens with zero attached hydrogens (tertiary/aromatic N) is 1. The predicted octanol–water partition coefficient (Wildman–Crippen LogP) is 1.15. The molecule has 9 heteroatoms. The fourth-order valence-electron chi connectivity index (χ4n) is 2.64. The Bertz CT molecular complexity index is 734. The van der Waals surface area contributed by atoms with Crippen molar-refractivity contribution >= 4 is 27.6 Å². The number of ether oxygens (including phenoxy) is 1. The van der Waals surface area contributed by atoms with Gasteiger partial charge in [-0.05, 0) is 31.9 Å². The SMILES string of the molecule is CCS(=O)(=O)N1CCCC(C(=O)Nc2cccc(OCC(=O)O)c2)C1. The number of benzene rings is 1. The Hall–Kier alpha value is -2.13. The highest BCUT2D eigenvalue weighted by Gasteiger charge is 2.31. The average Bonchev–Trinajstić information content (AvgIpc) is 2.60. The monoisotopic (exact) mass is 370 g/mol. The number of carbonyl (C=O) groups is 2. The molecule has 0 bridgehead atoms. The highest BCUT2D eigenvalue weighted by atomic mass is 32.2. The van der Waals surface area contributed by atoms with Crippen molar-refractivity contribution in [1.82, 2.24) is 4.31 Å². The second-order valence-corrected chi connectivity index (χ2v) is 8.05. The van der Waals surface area contributed by atoms with Crippen LogP contribution in [0.25, 0.3) is 0 Å². The molecule has 1 amide bonds. The zero-order valence-electron chi connectivity index (χ0n) is 14.0. The molecule has 25 heavy (non-hydrogen) atoms. The zero-order chi connectivity index (χ0) is 18.4. The fourth-order valence-corrected chi connectivity index (χ4v) is 3.82. The topological polar surface area (TPSA) is 113 Å². The molecule has 0 spiro atoms. The van der Waals surface area contributed by atoms with Gasteiger partial charge in [0.15, 0.2) is 6.61 Å². The van der Waals surface area contributed by atoms with Gasteiger partial charge in [-0.2, -0.15) is 0 Å². The van der Waals surface area contributed by atoms with Gasteiger partial charge in [0.2, 0.25) is 15.9 Å². The number of piperidine rings is 1. The average molecular weight is 370 g/mol. The van der Waals surface area contributed by atoms with Crippen molar-refractivity contribution in [3.63, 3.8) is 0 Å². The van der Waals surface area contributed by atoms with Crippen LogP contribution in [0.15, 0.2) is 24.3 Å². The number of hydrogen-bond acceptors (Lipinski definition) is 5. The molecule has 1 aromatic carbocycles. The van der Waals surface area contributed by atoms with Crippen LogP contribution in [0.1, 0.15) is 19.8 Å². The highest BCUT2D eigenvalue weighted by molar-refractivity contribution is 7.89. The highest BCUT2D eigenvalue weighted by Crippen LogP contribution is 2.23. The number of carboxylic acids is 1. The van der Waals surface area contributed by atoms with Crippen molar-refractivity contribution in [2.45, 2.75) is 19.8 Å². The Morgan fingerprint density at radius 2 is 2.16 bits per heavy atom. The van der Waals surface area contributed by atoms with E-state index < -0.39 is 28.5 Å². The van der Waals surface area contributed by atoms with E-state index in [0.29, 0.717) is 30.8 Å². The molecular formula is C16H22N2O6S. The quantitative estimate of drug-likeness (QED) is 0.744. The first kappa shape index (κ1) is 19.2. The first-order valence-corrected chi connectivity index (χ1v) is 9.66. The van der Waals surface area contributed by atoms with Crippen LogP contribution in [0.4, 0.5) is 5.69 Å². The lowest BCUT2D eigenvalue weighted by Crippen LogP contribution is -2.44. The normalized spacial score (nSPS) is 18.5. The third kappa shape index (κ3) is 5.43. The van der Waals surface area contributed by atoms with E-state index >= 15 is 0 Å². The minimum Gasteiger partial charge on any atom is -0.482 e. The molecule has 138 valence electrons. The standard InChI is InChI=1S/C16H22N2O6S/c1-2-25(22,23)18-8-4-5-12(10-18)16(21)17-13-6-3-7-14(9-13)24-11-15(19)20/h3,6-7,9,12H,2,4-5,8,10-11H2,1H3,(H,17,21)(H,19,20). The lowest BCUT2D eigenvalue weighted by Gasteiger charge is -2.30. The van der Waals surface area contributed by atoms with Crippen LogP contribution in [0.3, 0.4) is 0 Å². The molecule has 8 nitrogen and oxygen atoms in total. The van der Waals surface area contributed by atoms with Gasteiger partial charge >= 0.3 is 5.97 Å². The van der Waals surface area contributed by atoms with Crippen LogP contribution >= 0.6 is 0 Å². The molecule has 1 aliphatic rings. The van der Waals surface area contributed by atoms with E-state index in [4.69, 9.17) is 9.84 Å². The molecule has 0 saturated carbocycles. The number of nitrogens with one attached hydrogen (secondary N) is 1. The second-order valence-electron chi connectivity index (χ2n) is 5.80. The Kier molecular flexibility index (Phi) is 6.38. The molecule has 1 aliphatic heterocycles. The van der Waals surface area contributed by atoms with E-state index in [1.165, 1.54) is 10.4 Å². The summed E-state index contributed by atoms with van der Waals surface area (Å²) in [6, 6.07) is 6.43. The van der Waals surface area contributed by atoms with Crippen LogP contribution in [-0.4, -0.2) is 55.2 Å². The molecule has 2 N–H and O–H groups in total. The first-order chi connectivity index (χ1) is 11.8. The van der Waals surface area contributed by atoms with Gasteiger partial charge < -0.3 is 15.2 Å². The van der Waals surface area contributed by atoms with Crippen molar-refractivity contribution in [3.05, 3.63) is 24.3 Å². The van der Waals surface area contributed by atoms with Gasteiger partial charge in [0.05, 0.1) is 11.7 Å². The maximum absolute atomic E-state index is 12.4. The Morgan fingerprint density at radius 1 is 1.40 bits per heavy atom. The van der Waals surface area contributed by atoms with Crippen LogP contribution in [-0.2, 0) is 19.6 Å². The third-order valence-corrected chi connectivity index (χ3v) is 5.83. The summed E-state index contributed by atoms with van der Waals surface area (Å²) in [4.78, 5) is 23.0. The van der Waals surface area contributed by atoms with Crippen LogP contribution < -0.4 is 10.1 Å². The van der Waals surface area contributed by atoms with Crippen LogP contribution in [0, 0.1) is 5.92 Å². The van der Waals surface area contributed by atoms with E-state index in [-0.39, 0.29) is 18.2 Å². The first-order valence-electron chi connectivity index (χ1n) is 8.05. The molecule has 1 saturated heterocycles. The summed E-state index contributed by atoms with van der Waals surface area (Å²) in [5.41, 5.74) is 0.475. The van der Waals surface area contributed by atoms with Gasteiger partial charge in [-0.1, -0.05) is 6.07 Å². The minimum atomic E-state index is -3.31. The number of anilines is 1. The third-order valence-electron chi connectivity index (χ3n) is 3.98. The van der Waals surface area contributed by atoms with Crippen molar-refractivity contribution < 1.29 is 27.9 Å². The Morgan fingerprint density at radius 3 is 2.84 bits per heavy atom. The van der Waals surface area contributed by atoms with E-state index in [1.54, 1.807) is 25.1 Å². The summed E-state index contributed by atoms with van der Waals surface area (Å²) in [7, 11) is -3.31. The van der Waals surface area contributed by atoms with Gasteiger partial charge in [0, 0.05) is 24.8 Å². The summed E-state index contributed by atoms with van der Waals surface area (Å²) in [5.74, 6) is -1.41. The molecule has 0 aromatic heterocycles. The van der Waals surface area contributed by atoms with Crippen molar-refractivity contribution in [3.8, 4) is 5.75 Å². The molecule has 1 heterocycles. The number of carboxylic acid groups (broad SMARTS) is 1. The van der Waals surface area contributed by atoms with E-state index in [9.17, 15) is 18.0 Å². The largest absolute Gasteiger partial charge is 0.482 e. The van der Waals surface area contributed by atoms with Crippen molar-refractivity contribution in [2.24, 2.45) is 5.92 Å². The molecule has 1 fully saturated rings. The summed E-state index contributed by atoms with van der Waals surface area (Å²) >= 11 is 0. The fraction of sp³-hybridized carbons (Fsp3) is 0.500. The minimum absolute atomic E-state index is 0.0182. The lowest BCUT2D eigenvalue weighted by molar-refractivity contribution is -0.139. The number of amides is 1. The van der Waals surface area contributed by atoms with Gasteiger partial charge in [-0.3, -0.25) is 4.79 Å². The molecule has 2 rings (SSSR count). The second kappa shape index (κ2) is 8.30.